The molecule has 0 aliphatic heterocycles. The third kappa shape index (κ3) is 1.30. The Balaban J connectivity index is 2.79. The van der Waals surface area contributed by atoms with Crippen LogP contribution < -0.4 is 0 Å². The van der Waals surface area contributed by atoms with Gasteiger partial charge in [-0.1, -0.05) is 0 Å². The Morgan fingerprint density at radius 2 is 2.15 bits per heavy atom. The lowest BCUT2D eigenvalue weighted by atomic mass is 10.2. The highest BCUT2D eigenvalue weighted by atomic mass is 32.1. The van der Waals surface area contributed by atoms with Gasteiger partial charge in [-0.15, -0.1) is 11.3 Å². The Morgan fingerprint density at radius 3 is 2.85 bits per heavy atom. The lowest BCUT2D eigenvalue weighted by Crippen LogP contribution is -1.78. The molecule has 2 aromatic rings. The Hall–Kier alpha value is -1.40. The van der Waals surface area contributed by atoms with Gasteiger partial charge in [-0.05, 0) is 36.1 Å². The van der Waals surface area contributed by atoms with Crippen molar-refractivity contribution in [2.45, 2.75) is 6.92 Å². The van der Waals surface area contributed by atoms with Crippen molar-refractivity contribution in [1.82, 2.24) is 0 Å². The highest BCUT2D eigenvalue weighted by molar-refractivity contribution is 7.19. The molecular weight excluding hydrogens is 185 g/mol. The lowest BCUT2D eigenvalue weighted by Gasteiger charge is -1.94. The van der Waals surface area contributed by atoms with Crippen LogP contribution in [-0.4, -0.2) is 0 Å². The highest BCUT2D eigenvalue weighted by Crippen LogP contribution is 2.27. The third-order valence-electron chi connectivity index (χ3n) is 1.91. The monoisotopic (exact) mass is 191 g/mol. The molecule has 3 heteroatoms. The molecule has 0 N–H and O–H groups in total. The minimum atomic E-state index is -0.209. The lowest BCUT2D eigenvalue weighted by molar-refractivity contribution is 0.621. The zero-order chi connectivity index (χ0) is 9.42. The first kappa shape index (κ1) is 8.21. The maximum absolute atomic E-state index is 13.1. The summed E-state index contributed by atoms with van der Waals surface area (Å²) in [6.45, 7) is 1.72. The summed E-state index contributed by atoms with van der Waals surface area (Å²) in [4.78, 5) is 0.625. The topological polar surface area (TPSA) is 23.8 Å². The Bertz CT molecular complexity index is 468. The molecule has 0 amide bonds. The first-order valence-electron chi connectivity index (χ1n) is 3.80. The molecule has 0 spiro atoms. The van der Waals surface area contributed by atoms with E-state index in [1.165, 1.54) is 17.4 Å². The van der Waals surface area contributed by atoms with Gasteiger partial charge < -0.3 is 0 Å². The van der Waals surface area contributed by atoms with E-state index in [0.717, 1.165) is 10.1 Å². The molecule has 1 aromatic carbocycles. The summed E-state index contributed by atoms with van der Waals surface area (Å²) >= 11 is 1.32. The Labute approximate surface area is 79.0 Å². The second-order valence-electron chi connectivity index (χ2n) is 2.86. The largest absolute Gasteiger partial charge is 0.207 e. The molecule has 0 bridgehead atoms. The summed E-state index contributed by atoms with van der Waals surface area (Å²) in [7, 11) is 0. The number of rotatable bonds is 0. The number of hydrogen-bond donors (Lipinski definition) is 0. The average Bonchev–Trinajstić information content (AvgIpc) is 2.48. The number of hydrogen-bond acceptors (Lipinski definition) is 2. The molecule has 0 unspecified atom stereocenters. The van der Waals surface area contributed by atoms with Crippen LogP contribution in [0.2, 0.25) is 0 Å². The zero-order valence-corrected chi connectivity index (χ0v) is 7.78. The van der Waals surface area contributed by atoms with Gasteiger partial charge in [-0.2, -0.15) is 5.26 Å². The van der Waals surface area contributed by atoms with E-state index in [1.54, 1.807) is 19.1 Å². The fraction of sp³-hybridized carbons (Fsp3) is 0.100. The predicted molar refractivity (Wildman–Crippen MR) is 51.2 cm³/mol. The van der Waals surface area contributed by atoms with Gasteiger partial charge in [-0.3, -0.25) is 0 Å². The molecule has 0 aliphatic carbocycles. The summed E-state index contributed by atoms with van der Waals surface area (Å²) in [6.07, 6.45) is 0. The molecular formula is C10H6FNS. The molecule has 2 rings (SSSR count). The van der Waals surface area contributed by atoms with Gasteiger partial charge >= 0.3 is 0 Å². The Kier molecular flexibility index (Phi) is 1.78. The van der Waals surface area contributed by atoms with Crippen LogP contribution in [0, 0.1) is 24.1 Å². The first-order chi connectivity index (χ1) is 6.20. The van der Waals surface area contributed by atoms with E-state index >= 15 is 0 Å². The molecule has 0 saturated heterocycles. The van der Waals surface area contributed by atoms with Crippen molar-refractivity contribution in [3.8, 4) is 6.07 Å². The van der Waals surface area contributed by atoms with E-state index in [0.29, 0.717) is 10.4 Å². The molecule has 0 fully saturated rings. The molecule has 0 radical (unpaired) electrons. The number of thiophene rings is 1. The van der Waals surface area contributed by atoms with Gasteiger partial charge in [0.1, 0.15) is 16.8 Å². The quantitative estimate of drug-likeness (QED) is 0.627. The molecule has 0 aliphatic rings. The molecule has 0 atom stereocenters. The van der Waals surface area contributed by atoms with Crippen LogP contribution in [0.15, 0.2) is 18.2 Å². The predicted octanol–water partition coefficient (Wildman–Crippen LogP) is 3.22. The van der Waals surface area contributed by atoms with Gasteiger partial charge in [0.15, 0.2) is 0 Å². The highest BCUT2D eigenvalue weighted by Gasteiger charge is 2.04. The minimum absolute atomic E-state index is 0.209. The molecule has 0 saturated carbocycles. The van der Waals surface area contributed by atoms with E-state index in [2.05, 4.69) is 6.07 Å². The van der Waals surface area contributed by atoms with Crippen LogP contribution in [0.5, 0.6) is 0 Å². The van der Waals surface area contributed by atoms with Crippen molar-refractivity contribution in [2.24, 2.45) is 0 Å². The van der Waals surface area contributed by atoms with Gasteiger partial charge in [0.25, 0.3) is 0 Å². The standard InChI is InChI=1S/C10H6FNS/c1-6-2-7-3-8(5-12)13-10(7)4-9(6)11/h2-4H,1H3. The fourth-order valence-corrected chi connectivity index (χ4v) is 2.10. The van der Waals surface area contributed by atoms with Crippen LogP contribution in [0.4, 0.5) is 4.39 Å². The fourth-order valence-electron chi connectivity index (χ4n) is 1.23. The van der Waals surface area contributed by atoms with Crippen LogP contribution in [0.3, 0.4) is 0 Å². The van der Waals surface area contributed by atoms with Crippen molar-refractivity contribution in [2.75, 3.05) is 0 Å². The van der Waals surface area contributed by atoms with E-state index in [-0.39, 0.29) is 5.82 Å². The van der Waals surface area contributed by atoms with E-state index in [1.807, 2.05) is 0 Å². The van der Waals surface area contributed by atoms with Crippen LogP contribution in [-0.2, 0) is 0 Å². The number of benzene rings is 1. The summed E-state index contributed by atoms with van der Waals surface area (Å²) in [5.74, 6) is -0.209. The smallest absolute Gasteiger partial charge is 0.127 e. The summed E-state index contributed by atoms with van der Waals surface area (Å²) < 4.78 is 13.9. The SMILES string of the molecule is Cc1cc2cc(C#N)sc2cc1F. The van der Waals surface area contributed by atoms with E-state index in [4.69, 9.17) is 5.26 Å². The Morgan fingerprint density at radius 1 is 1.38 bits per heavy atom. The van der Waals surface area contributed by atoms with Crippen molar-refractivity contribution >= 4 is 21.4 Å². The van der Waals surface area contributed by atoms with E-state index in [9.17, 15) is 4.39 Å². The third-order valence-corrected chi connectivity index (χ3v) is 2.91. The number of aryl methyl sites for hydroxylation is 1. The van der Waals surface area contributed by atoms with Gasteiger partial charge in [0.05, 0.1) is 0 Å². The summed E-state index contributed by atoms with van der Waals surface area (Å²) in [5, 5.41) is 9.59. The van der Waals surface area contributed by atoms with Crippen molar-refractivity contribution in [3.63, 3.8) is 0 Å². The van der Waals surface area contributed by atoms with Gasteiger partial charge in [0, 0.05) is 4.70 Å². The average molecular weight is 191 g/mol. The van der Waals surface area contributed by atoms with E-state index < -0.39 is 0 Å². The van der Waals surface area contributed by atoms with Crippen LogP contribution in [0.25, 0.3) is 10.1 Å². The number of nitrogens with zero attached hydrogens (tertiary/aromatic N) is 1. The van der Waals surface area contributed by atoms with Gasteiger partial charge in [0.2, 0.25) is 0 Å². The summed E-state index contributed by atoms with van der Waals surface area (Å²) in [5.41, 5.74) is 0.620. The maximum atomic E-state index is 13.1. The minimum Gasteiger partial charge on any atom is -0.207 e. The van der Waals surface area contributed by atoms with Crippen molar-refractivity contribution in [3.05, 3.63) is 34.5 Å². The number of halogens is 1. The zero-order valence-electron chi connectivity index (χ0n) is 6.97. The molecule has 64 valence electrons. The summed E-state index contributed by atoms with van der Waals surface area (Å²) in [6, 6.07) is 7.08. The molecule has 1 heterocycles. The van der Waals surface area contributed by atoms with Gasteiger partial charge in [-0.25, -0.2) is 4.39 Å². The first-order valence-corrected chi connectivity index (χ1v) is 4.62. The van der Waals surface area contributed by atoms with Crippen molar-refractivity contribution < 1.29 is 4.39 Å². The second kappa shape index (κ2) is 2.82. The second-order valence-corrected chi connectivity index (χ2v) is 3.95. The van der Waals surface area contributed by atoms with Crippen LogP contribution in [0.1, 0.15) is 10.4 Å². The van der Waals surface area contributed by atoms with Crippen LogP contribution >= 0.6 is 11.3 Å². The van der Waals surface area contributed by atoms with Crippen molar-refractivity contribution in [1.29, 1.82) is 5.26 Å². The molecule has 1 nitrogen and oxygen atoms in total. The molecule has 1 aromatic heterocycles. The molecule has 13 heavy (non-hydrogen) atoms. The number of nitriles is 1. The number of fused-ring (bicyclic) bond motifs is 1. The maximum Gasteiger partial charge on any atom is 0.127 e. The normalized spacial score (nSPS) is 10.2.